The number of rotatable bonds is 5. The highest BCUT2D eigenvalue weighted by atomic mass is 32.2. The molecule has 0 fully saturated rings. The Hall–Kier alpha value is -1.48. The SMILES string of the molecule is COS(=O)(=O)Cc1ccc2c(S(=O)(=O)OC)cccc2c1. The fourth-order valence-electron chi connectivity index (χ4n) is 1.96. The molecule has 0 aliphatic heterocycles. The van der Waals surface area contributed by atoms with Gasteiger partial charge in [-0.1, -0.05) is 24.3 Å². The third-order valence-electron chi connectivity index (χ3n) is 2.99. The van der Waals surface area contributed by atoms with Crippen molar-refractivity contribution in [2.45, 2.75) is 10.6 Å². The predicted octanol–water partition coefficient (Wildman–Crippen LogP) is 1.65. The molecule has 0 unspecified atom stereocenters. The minimum Gasteiger partial charge on any atom is -0.273 e. The van der Waals surface area contributed by atoms with Crippen molar-refractivity contribution in [3.05, 3.63) is 42.0 Å². The molecular weight excluding hydrogens is 316 g/mol. The van der Waals surface area contributed by atoms with Gasteiger partial charge in [-0.25, -0.2) is 0 Å². The molecule has 6 nitrogen and oxygen atoms in total. The van der Waals surface area contributed by atoms with Crippen LogP contribution in [-0.2, 0) is 34.4 Å². The summed E-state index contributed by atoms with van der Waals surface area (Å²) < 4.78 is 55.5. The Labute approximate surface area is 123 Å². The van der Waals surface area contributed by atoms with Crippen LogP contribution in [-0.4, -0.2) is 31.1 Å². The first kappa shape index (κ1) is 15.9. The van der Waals surface area contributed by atoms with Gasteiger partial charge in [0, 0.05) is 5.39 Å². The van der Waals surface area contributed by atoms with Crippen LogP contribution >= 0.6 is 0 Å². The molecule has 0 aliphatic carbocycles. The Morgan fingerprint density at radius 3 is 2.29 bits per heavy atom. The predicted molar refractivity (Wildman–Crippen MR) is 77.8 cm³/mol. The van der Waals surface area contributed by atoms with Crippen LogP contribution in [0.3, 0.4) is 0 Å². The van der Waals surface area contributed by atoms with Crippen molar-refractivity contribution in [1.82, 2.24) is 0 Å². The van der Waals surface area contributed by atoms with E-state index in [-0.39, 0.29) is 10.6 Å². The molecule has 2 aromatic rings. The van der Waals surface area contributed by atoms with Gasteiger partial charge >= 0.3 is 0 Å². The molecule has 2 aromatic carbocycles. The van der Waals surface area contributed by atoms with E-state index in [1.807, 2.05) is 0 Å². The van der Waals surface area contributed by atoms with Crippen molar-refractivity contribution in [3.8, 4) is 0 Å². The molecule has 21 heavy (non-hydrogen) atoms. The van der Waals surface area contributed by atoms with Gasteiger partial charge in [0.05, 0.1) is 14.2 Å². The molecule has 8 heteroatoms. The van der Waals surface area contributed by atoms with Crippen LogP contribution in [0.4, 0.5) is 0 Å². The Morgan fingerprint density at radius 1 is 0.952 bits per heavy atom. The topological polar surface area (TPSA) is 86.7 Å². The maximum absolute atomic E-state index is 11.8. The highest BCUT2D eigenvalue weighted by Crippen LogP contribution is 2.25. The van der Waals surface area contributed by atoms with Gasteiger partial charge in [0.15, 0.2) is 0 Å². The first-order valence-electron chi connectivity index (χ1n) is 5.89. The quantitative estimate of drug-likeness (QED) is 0.775. The zero-order valence-electron chi connectivity index (χ0n) is 11.4. The molecule has 0 saturated carbocycles. The van der Waals surface area contributed by atoms with Crippen LogP contribution in [0.15, 0.2) is 41.3 Å². The summed E-state index contributed by atoms with van der Waals surface area (Å²) >= 11 is 0. The molecule has 0 radical (unpaired) electrons. The monoisotopic (exact) mass is 330 g/mol. The average Bonchev–Trinajstić information content (AvgIpc) is 2.46. The van der Waals surface area contributed by atoms with Crippen LogP contribution < -0.4 is 0 Å². The van der Waals surface area contributed by atoms with E-state index in [4.69, 9.17) is 0 Å². The third kappa shape index (κ3) is 3.41. The highest BCUT2D eigenvalue weighted by Gasteiger charge is 2.17. The molecule has 0 saturated heterocycles. The second-order valence-electron chi connectivity index (χ2n) is 4.30. The van der Waals surface area contributed by atoms with Crippen molar-refractivity contribution >= 4 is 31.0 Å². The molecule has 0 aliphatic rings. The van der Waals surface area contributed by atoms with E-state index in [2.05, 4.69) is 8.37 Å². The summed E-state index contributed by atoms with van der Waals surface area (Å²) in [6, 6.07) is 9.43. The molecular formula is C13H14O6S2. The Balaban J connectivity index is 2.57. The van der Waals surface area contributed by atoms with Crippen molar-refractivity contribution in [2.75, 3.05) is 14.2 Å². The molecule has 0 aromatic heterocycles. The van der Waals surface area contributed by atoms with Gasteiger partial charge < -0.3 is 0 Å². The van der Waals surface area contributed by atoms with E-state index in [0.29, 0.717) is 16.3 Å². The van der Waals surface area contributed by atoms with Crippen LogP contribution in [0.5, 0.6) is 0 Å². The van der Waals surface area contributed by atoms with Crippen LogP contribution in [0, 0.1) is 0 Å². The fraction of sp³-hybridized carbons (Fsp3) is 0.231. The molecule has 0 N–H and O–H groups in total. The Bertz CT molecular complexity index is 869. The van der Waals surface area contributed by atoms with Gasteiger partial charge in [-0.2, -0.15) is 16.8 Å². The fourth-order valence-corrected chi connectivity index (χ4v) is 3.55. The number of hydrogen-bond donors (Lipinski definition) is 0. The molecule has 0 spiro atoms. The smallest absolute Gasteiger partial charge is 0.273 e. The normalized spacial score (nSPS) is 12.7. The summed E-state index contributed by atoms with van der Waals surface area (Å²) in [4.78, 5) is 0.0450. The molecule has 114 valence electrons. The number of benzene rings is 2. The second-order valence-corrected chi connectivity index (χ2v) is 7.72. The second kappa shape index (κ2) is 5.72. The Kier molecular flexibility index (Phi) is 4.33. The van der Waals surface area contributed by atoms with E-state index in [0.717, 1.165) is 14.2 Å². The zero-order chi connectivity index (χ0) is 15.7. The van der Waals surface area contributed by atoms with E-state index in [9.17, 15) is 16.8 Å². The van der Waals surface area contributed by atoms with Crippen LogP contribution in [0.2, 0.25) is 0 Å². The van der Waals surface area contributed by atoms with Gasteiger partial charge in [0.2, 0.25) is 0 Å². The molecule has 0 heterocycles. The lowest BCUT2D eigenvalue weighted by Crippen LogP contribution is -2.06. The van der Waals surface area contributed by atoms with Gasteiger partial charge in [0.25, 0.3) is 20.2 Å². The Morgan fingerprint density at radius 2 is 1.67 bits per heavy atom. The number of fused-ring (bicyclic) bond motifs is 1. The zero-order valence-corrected chi connectivity index (χ0v) is 13.1. The van der Waals surface area contributed by atoms with E-state index >= 15 is 0 Å². The lowest BCUT2D eigenvalue weighted by molar-refractivity contribution is 0.396. The summed E-state index contributed by atoms with van der Waals surface area (Å²) in [5, 5.41) is 1.08. The molecule has 2 rings (SSSR count). The first-order valence-corrected chi connectivity index (χ1v) is 8.88. The first-order chi connectivity index (χ1) is 9.79. The van der Waals surface area contributed by atoms with Gasteiger partial charge in [-0.05, 0) is 23.1 Å². The van der Waals surface area contributed by atoms with Gasteiger partial charge in [-0.3, -0.25) is 8.37 Å². The average molecular weight is 330 g/mol. The summed E-state index contributed by atoms with van der Waals surface area (Å²) in [7, 11) is -5.26. The maximum atomic E-state index is 11.8. The largest absolute Gasteiger partial charge is 0.297 e. The van der Waals surface area contributed by atoms with E-state index in [1.54, 1.807) is 30.3 Å². The minimum absolute atomic E-state index is 0.0450. The minimum atomic E-state index is -3.82. The lowest BCUT2D eigenvalue weighted by Gasteiger charge is -2.08. The molecule has 0 atom stereocenters. The van der Waals surface area contributed by atoms with Crippen molar-refractivity contribution in [2.24, 2.45) is 0 Å². The lowest BCUT2D eigenvalue weighted by atomic mass is 10.1. The van der Waals surface area contributed by atoms with Gasteiger partial charge in [-0.15, -0.1) is 0 Å². The summed E-state index contributed by atoms with van der Waals surface area (Å²) in [6.45, 7) is 0. The molecule has 0 amide bonds. The van der Waals surface area contributed by atoms with E-state index < -0.39 is 20.2 Å². The standard InChI is InChI=1S/C13H14O6S2/c1-18-20(14,15)9-10-6-7-12-11(8-10)4-3-5-13(12)21(16,17)19-2/h3-8H,9H2,1-2H3. The van der Waals surface area contributed by atoms with Crippen molar-refractivity contribution < 1.29 is 25.2 Å². The number of hydrogen-bond acceptors (Lipinski definition) is 6. The summed E-state index contributed by atoms with van der Waals surface area (Å²) in [5.41, 5.74) is 0.510. The van der Waals surface area contributed by atoms with Crippen molar-refractivity contribution in [1.29, 1.82) is 0 Å². The van der Waals surface area contributed by atoms with Gasteiger partial charge in [0.1, 0.15) is 10.6 Å². The summed E-state index contributed by atoms with van der Waals surface area (Å²) in [6.07, 6.45) is 0. The van der Waals surface area contributed by atoms with Crippen molar-refractivity contribution in [3.63, 3.8) is 0 Å². The summed E-state index contributed by atoms with van der Waals surface area (Å²) in [5.74, 6) is -0.277. The maximum Gasteiger partial charge on any atom is 0.297 e. The van der Waals surface area contributed by atoms with Crippen LogP contribution in [0.25, 0.3) is 10.8 Å². The highest BCUT2D eigenvalue weighted by molar-refractivity contribution is 7.87. The van der Waals surface area contributed by atoms with Crippen LogP contribution in [0.1, 0.15) is 5.56 Å². The molecule has 0 bridgehead atoms. The van der Waals surface area contributed by atoms with E-state index in [1.165, 1.54) is 6.07 Å². The third-order valence-corrected chi connectivity index (χ3v) is 5.52.